The lowest BCUT2D eigenvalue weighted by molar-refractivity contribution is 0.248. The highest BCUT2D eigenvalue weighted by molar-refractivity contribution is 5.63. The molecule has 0 unspecified atom stereocenters. The van der Waals surface area contributed by atoms with Gasteiger partial charge in [0.2, 0.25) is 5.95 Å². The van der Waals surface area contributed by atoms with Gasteiger partial charge >= 0.3 is 0 Å². The van der Waals surface area contributed by atoms with Crippen molar-refractivity contribution >= 4 is 11.8 Å². The number of hydrogen-bond donors (Lipinski definition) is 3. The number of aliphatic hydroxyl groups is 1. The first-order valence-electron chi connectivity index (χ1n) is 9.51. The summed E-state index contributed by atoms with van der Waals surface area (Å²) in [5.74, 6) is 1.46. The van der Waals surface area contributed by atoms with Gasteiger partial charge in [-0.3, -0.25) is 4.98 Å². The Morgan fingerprint density at radius 3 is 2.61 bits per heavy atom. The molecule has 0 aliphatic rings. The monoisotopic (exact) mass is 377 g/mol. The van der Waals surface area contributed by atoms with Crippen molar-refractivity contribution in [1.82, 2.24) is 15.0 Å². The number of aliphatic hydroxyl groups excluding tert-OH is 1. The Kier molecular flexibility index (Phi) is 6.55. The highest BCUT2D eigenvalue weighted by atomic mass is 16.3. The van der Waals surface area contributed by atoms with Crippen LogP contribution in [-0.4, -0.2) is 32.7 Å². The van der Waals surface area contributed by atoms with Crippen molar-refractivity contribution in [3.8, 4) is 11.3 Å². The molecule has 1 atom stereocenters. The molecular formula is C22H27N5O. The average molecular weight is 377 g/mol. The number of nitrogens with zero attached hydrogens (tertiary/aromatic N) is 3. The summed E-state index contributed by atoms with van der Waals surface area (Å²) in [7, 11) is 0. The summed E-state index contributed by atoms with van der Waals surface area (Å²) in [6, 6.07) is 14.0. The molecule has 6 heteroatoms. The molecule has 0 aliphatic carbocycles. The number of aromatic nitrogens is 3. The average Bonchev–Trinajstić information content (AvgIpc) is 2.71. The van der Waals surface area contributed by atoms with Gasteiger partial charge in [-0.25, -0.2) is 4.98 Å². The van der Waals surface area contributed by atoms with Crippen LogP contribution < -0.4 is 10.6 Å². The van der Waals surface area contributed by atoms with E-state index < -0.39 is 0 Å². The highest BCUT2D eigenvalue weighted by Crippen LogP contribution is 2.22. The minimum absolute atomic E-state index is 0.0181. The van der Waals surface area contributed by atoms with Gasteiger partial charge in [0.15, 0.2) is 0 Å². The van der Waals surface area contributed by atoms with E-state index in [0.29, 0.717) is 12.5 Å². The molecule has 146 valence electrons. The maximum absolute atomic E-state index is 9.65. The maximum atomic E-state index is 9.65. The fourth-order valence-electron chi connectivity index (χ4n) is 2.87. The maximum Gasteiger partial charge on any atom is 0.225 e. The molecule has 28 heavy (non-hydrogen) atoms. The fraction of sp³-hybridized carbons (Fsp3) is 0.318. The number of aryl methyl sites for hydroxylation is 1. The quantitative estimate of drug-likeness (QED) is 0.552. The number of rotatable bonds is 8. The standard InChI is InChI=1S/C22H27N5O/c1-15(2)20(14-28)26-22-25-19(18-8-5-9-23-13-18)11-21(27-22)24-12-17-7-4-6-16(3)10-17/h4-11,13,15,20,28H,12,14H2,1-3H3,(H2,24,25,26,27)/t20-/m1/s1. The number of benzene rings is 1. The van der Waals surface area contributed by atoms with Crippen molar-refractivity contribution < 1.29 is 5.11 Å². The van der Waals surface area contributed by atoms with Crippen molar-refractivity contribution in [2.24, 2.45) is 5.92 Å². The van der Waals surface area contributed by atoms with Gasteiger partial charge in [-0.2, -0.15) is 4.98 Å². The molecule has 3 N–H and O–H groups in total. The SMILES string of the molecule is Cc1cccc(CNc2cc(-c3cccnc3)nc(N[C@H](CO)C(C)C)n2)c1. The van der Waals surface area contributed by atoms with E-state index >= 15 is 0 Å². The van der Waals surface area contributed by atoms with Gasteiger partial charge in [0.25, 0.3) is 0 Å². The molecule has 2 aromatic heterocycles. The van der Waals surface area contributed by atoms with Crippen LogP contribution in [0.2, 0.25) is 0 Å². The van der Waals surface area contributed by atoms with Crippen molar-refractivity contribution in [3.63, 3.8) is 0 Å². The van der Waals surface area contributed by atoms with Crippen LogP contribution in [0.25, 0.3) is 11.3 Å². The van der Waals surface area contributed by atoms with Crippen LogP contribution in [0.4, 0.5) is 11.8 Å². The van der Waals surface area contributed by atoms with Crippen LogP contribution in [0, 0.1) is 12.8 Å². The van der Waals surface area contributed by atoms with Gasteiger partial charge in [-0.15, -0.1) is 0 Å². The Labute approximate surface area is 166 Å². The first kappa shape index (κ1) is 19.8. The first-order valence-corrected chi connectivity index (χ1v) is 9.51. The summed E-state index contributed by atoms with van der Waals surface area (Å²) in [5.41, 5.74) is 4.10. The Balaban J connectivity index is 1.88. The zero-order valence-electron chi connectivity index (χ0n) is 16.6. The normalized spacial score (nSPS) is 12.0. The van der Waals surface area contributed by atoms with E-state index in [9.17, 15) is 5.11 Å². The first-order chi connectivity index (χ1) is 13.5. The summed E-state index contributed by atoms with van der Waals surface area (Å²) < 4.78 is 0. The predicted octanol–water partition coefficient (Wildman–Crippen LogP) is 3.89. The molecule has 0 spiro atoms. The molecule has 0 aliphatic heterocycles. The van der Waals surface area contributed by atoms with Crippen LogP contribution in [-0.2, 0) is 6.54 Å². The number of hydrogen-bond acceptors (Lipinski definition) is 6. The fourth-order valence-corrected chi connectivity index (χ4v) is 2.87. The van der Waals surface area contributed by atoms with E-state index in [1.807, 2.05) is 18.2 Å². The van der Waals surface area contributed by atoms with Gasteiger partial charge in [-0.1, -0.05) is 43.7 Å². The van der Waals surface area contributed by atoms with Crippen LogP contribution >= 0.6 is 0 Å². The second kappa shape index (κ2) is 9.28. The minimum Gasteiger partial charge on any atom is -0.394 e. The van der Waals surface area contributed by atoms with Crippen LogP contribution in [0.15, 0.2) is 54.9 Å². The predicted molar refractivity (Wildman–Crippen MR) is 113 cm³/mol. The molecule has 0 radical (unpaired) electrons. The molecule has 6 nitrogen and oxygen atoms in total. The zero-order chi connectivity index (χ0) is 19.9. The Morgan fingerprint density at radius 2 is 1.93 bits per heavy atom. The summed E-state index contributed by atoms with van der Waals surface area (Å²) in [6.07, 6.45) is 3.52. The van der Waals surface area contributed by atoms with Gasteiger partial charge in [0.05, 0.1) is 18.3 Å². The van der Waals surface area contributed by atoms with E-state index in [-0.39, 0.29) is 18.6 Å². The molecule has 3 rings (SSSR count). The molecular weight excluding hydrogens is 350 g/mol. The molecule has 2 heterocycles. The van der Waals surface area contributed by atoms with Crippen LogP contribution in [0.3, 0.4) is 0 Å². The smallest absolute Gasteiger partial charge is 0.225 e. The largest absolute Gasteiger partial charge is 0.394 e. The highest BCUT2D eigenvalue weighted by Gasteiger charge is 2.15. The topological polar surface area (TPSA) is 83.0 Å². The minimum atomic E-state index is -0.117. The molecule has 0 fully saturated rings. The van der Waals surface area contributed by atoms with Crippen LogP contribution in [0.5, 0.6) is 0 Å². The van der Waals surface area contributed by atoms with Crippen LogP contribution in [0.1, 0.15) is 25.0 Å². The second-order valence-electron chi connectivity index (χ2n) is 7.22. The Bertz CT molecular complexity index is 898. The van der Waals surface area contributed by atoms with Crippen molar-refractivity contribution in [1.29, 1.82) is 0 Å². The molecule has 3 aromatic rings. The van der Waals surface area contributed by atoms with Crippen molar-refractivity contribution in [3.05, 3.63) is 66.0 Å². The summed E-state index contributed by atoms with van der Waals surface area (Å²) in [6.45, 7) is 6.87. The number of pyridine rings is 1. The molecule has 1 aromatic carbocycles. The molecule has 0 saturated carbocycles. The van der Waals surface area contributed by atoms with Gasteiger partial charge < -0.3 is 15.7 Å². The number of anilines is 2. The summed E-state index contributed by atoms with van der Waals surface area (Å²) in [4.78, 5) is 13.4. The lowest BCUT2D eigenvalue weighted by Gasteiger charge is -2.20. The Morgan fingerprint density at radius 1 is 1.07 bits per heavy atom. The van der Waals surface area contributed by atoms with E-state index in [1.54, 1.807) is 12.4 Å². The van der Waals surface area contributed by atoms with E-state index in [0.717, 1.165) is 17.1 Å². The Hall–Kier alpha value is -2.99. The van der Waals surface area contributed by atoms with E-state index in [2.05, 4.69) is 70.6 Å². The second-order valence-corrected chi connectivity index (χ2v) is 7.22. The summed E-state index contributed by atoms with van der Waals surface area (Å²) >= 11 is 0. The van der Waals surface area contributed by atoms with Crippen molar-refractivity contribution in [2.45, 2.75) is 33.4 Å². The van der Waals surface area contributed by atoms with Crippen molar-refractivity contribution in [2.75, 3.05) is 17.2 Å². The summed E-state index contributed by atoms with van der Waals surface area (Å²) in [5, 5.41) is 16.3. The lowest BCUT2D eigenvalue weighted by Crippen LogP contribution is -2.30. The van der Waals surface area contributed by atoms with E-state index in [1.165, 1.54) is 11.1 Å². The molecule has 0 bridgehead atoms. The van der Waals surface area contributed by atoms with E-state index in [4.69, 9.17) is 0 Å². The third kappa shape index (κ3) is 5.27. The van der Waals surface area contributed by atoms with Gasteiger partial charge in [-0.05, 0) is 30.5 Å². The molecule has 0 saturated heterocycles. The van der Waals surface area contributed by atoms with Gasteiger partial charge in [0.1, 0.15) is 5.82 Å². The third-order valence-electron chi connectivity index (χ3n) is 4.56. The lowest BCUT2D eigenvalue weighted by atomic mass is 10.1. The van der Waals surface area contributed by atoms with Gasteiger partial charge in [0, 0.05) is 30.6 Å². The zero-order valence-corrected chi connectivity index (χ0v) is 16.6. The third-order valence-corrected chi connectivity index (χ3v) is 4.56. The molecule has 0 amide bonds. The number of nitrogens with one attached hydrogen (secondary N) is 2.